The maximum absolute atomic E-state index is 13.5. The third-order valence-electron chi connectivity index (χ3n) is 6.83. The Balaban J connectivity index is 1.40. The molecule has 1 saturated carbocycles. The van der Waals surface area contributed by atoms with Crippen molar-refractivity contribution in [1.29, 1.82) is 0 Å². The summed E-state index contributed by atoms with van der Waals surface area (Å²) >= 11 is 3.32. The highest BCUT2D eigenvalue weighted by Gasteiger charge is 2.42. The highest BCUT2D eigenvalue weighted by atomic mass is 79.9. The number of carbonyl (C=O) groups excluding carboxylic acids is 2. The number of halogens is 1. The molecule has 2 aromatic rings. The van der Waals surface area contributed by atoms with E-state index in [0.717, 1.165) is 10.0 Å². The third kappa shape index (κ3) is 5.53. The number of hydrogen-bond acceptors (Lipinski definition) is 5. The van der Waals surface area contributed by atoms with Crippen molar-refractivity contribution in [2.24, 2.45) is 11.8 Å². The van der Waals surface area contributed by atoms with Crippen LogP contribution < -0.4 is 4.72 Å². The van der Waals surface area contributed by atoms with Gasteiger partial charge in [0.1, 0.15) is 0 Å². The van der Waals surface area contributed by atoms with E-state index in [9.17, 15) is 18.0 Å². The van der Waals surface area contributed by atoms with Crippen molar-refractivity contribution in [3.63, 3.8) is 0 Å². The van der Waals surface area contributed by atoms with Crippen molar-refractivity contribution in [3.05, 3.63) is 64.6 Å². The molecule has 4 rings (SSSR count). The Morgan fingerprint density at radius 3 is 2.24 bits per heavy atom. The Morgan fingerprint density at radius 2 is 1.62 bits per heavy atom. The SMILES string of the molecule is COC(=O)C1CC(c2ccccc2)N(C(=O)C2CCC(NS(=O)(=O)c3ccc(Br)cc3)CC2)C1. The van der Waals surface area contributed by atoms with E-state index in [4.69, 9.17) is 4.74 Å². The average Bonchev–Trinajstić information content (AvgIpc) is 3.30. The van der Waals surface area contributed by atoms with Gasteiger partial charge in [-0.2, -0.15) is 0 Å². The Morgan fingerprint density at radius 1 is 0.971 bits per heavy atom. The van der Waals surface area contributed by atoms with Crippen molar-refractivity contribution in [2.75, 3.05) is 13.7 Å². The van der Waals surface area contributed by atoms with Crippen LogP contribution in [-0.4, -0.2) is 44.9 Å². The fraction of sp³-hybridized carbons (Fsp3) is 0.440. The molecular weight excluding hydrogens is 520 g/mol. The van der Waals surface area contributed by atoms with Crippen LogP contribution in [0.1, 0.15) is 43.7 Å². The van der Waals surface area contributed by atoms with Gasteiger partial charge in [0.2, 0.25) is 15.9 Å². The van der Waals surface area contributed by atoms with Crippen LogP contribution in [-0.2, 0) is 24.3 Å². The lowest BCUT2D eigenvalue weighted by atomic mass is 9.85. The van der Waals surface area contributed by atoms with Gasteiger partial charge in [-0.3, -0.25) is 9.59 Å². The third-order valence-corrected chi connectivity index (χ3v) is 8.89. The molecule has 182 valence electrons. The van der Waals surface area contributed by atoms with Crippen molar-refractivity contribution in [1.82, 2.24) is 9.62 Å². The molecule has 0 aromatic heterocycles. The number of likely N-dealkylation sites (tertiary alicyclic amines) is 1. The average molecular weight is 549 g/mol. The Bertz CT molecular complexity index is 1120. The monoisotopic (exact) mass is 548 g/mol. The molecule has 7 nitrogen and oxygen atoms in total. The van der Waals surface area contributed by atoms with Crippen molar-refractivity contribution < 1.29 is 22.7 Å². The first-order chi connectivity index (χ1) is 16.3. The molecule has 2 fully saturated rings. The first-order valence-corrected chi connectivity index (χ1v) is 13.8. The van der Waals surface area contributed by atoms with E-state index in [1.807, 2.05) is 35.2 Å². The van der Waals surface area contributed by atoms with Gasteiger partial charge in [0.15, 0.2) is 0 Å². The number of rotatable bonds is 6. The maximum atomic E-state index is 13.5. The predicted octanol–water partition coefficient (Wildman–Crippen LogP) is 4.05. The lowest BCUT2D eigenvalue weighted by molar-refractivity contribution is -0.145. The zero-order valence-electron chi connectivity index (χ0n) is 19.0. The lowest BCUT2D eigenvalue weighted by Gasteiger charge is -2.33. The van der Waals surface area contributed by atoms with Gasteiger partial charge in [0.25, 0.3) is 0 Å². The molecule has 1 aliphatic carbocycles. The number of hydrogen-bond donors (Lipinski definition) is 1. The molecule has 2 aromatic carbocycles. The van der Waals surface area contributed by atoms with Crippen LogP contribution in [0.15, 0.2) is 64.0 Å². The molecule has 2 aliphatic rings. The number of nitrogens with one attached hydrogen (secondary N) is 1. The number of ether oxygens (including phenoxy) is 1. The van der Waals surface area contributed by atoms with Crippen LogP contribution >= 0.6 is 15.9 Å². The summed E-state index contributed by atoms with van der Waals surface area (Å²) in [6.45, 7) is 0.348. The summed E-state index contributed by atoms with van der Waals surface area (Å²) < 4.78 is 34.0. The van der Waals surface area contributed by atoms with E-state index in [2.05, 4.69) is 20.7 Å². The van der Waals surface area contributed by atoms with Crippen LogP contribution in [0.4, 0.5) is 0 Å². The second-order valence-corrected chi connectivity index (χ2v) is 11.6. The summed E-state index contributed by atoms with van der Waals surface area (Å²) in [5, 5.41) is 0. The zero-order valence-corrected chi connectivity index (χ0v) is 21.4. The topological polar surface area (TPSA) is 92.8 Å². The number of carbonyl (C=O) groups is 2. The maximum Gasteiger partial charge on any atom is 0.310 e. The van der Waals surface area contributed by atoms with Gasteiger partial charge in [-0.1, -0.05) is 46.3 Å². The van der Waals surface area contributed by atoms with Crippen LogP contribution in [0.25, 0.3) is 0 Å². The summed E-state index contributed by atoms with van der Waals surface area (Å²) in [4.78, 5) is 27.8. The van der Waals surface area contributed by atoms with E-state index >= 15 is 0 Å². The fourth-order valence-corrected chi connectivity index (χ4v) is 6.57. The number of sulfonamides is 1. The molecule has 0 spiro atoms. The molecule has 2 unspecified atom stereocenters. The quantitative estimate of drug-likeness (QED) is 0.549. The Labute approximate surface area is 209 Å². The predicted molar refractivity (Wildman–Crippen MR) is 131 cm³/mol. The Kier molecular flexibility index (Phi) is 7.74. The van der Waals surface area contributed by atoms with Gasteiger partial charge in [-0.15, -0.1) is 0 Å². The second-order valence-electron chi connectivity index (χ2n) is 9.00. The number of esters is 1. The summed E-state index contributed by atoms with van der Waals surface area (Å²) in [5.41, 5.74) is 1.01. The minimum atomic E-state index is -3.61. The smallest absolute Gasteiger partial charge is 0.310 e. The normalized spacial score (nSPS) is 25.2. The fourth-order valence-electron chi connectivity index (χ4n) is 5.00. The molecule has 1 saturated heterocycles. The van der Waals surface area contributed by atoms with Crippen LogP contribution in [0.3, 0.4) is 0 Å². The number of benzene rings is 2. The molecule has 1 aliphatic heterocycles. The van der Waals surface area contributed by atoms with E-state index in [-0.39, 0.29) is 40.7 Å². The highest BCUT2D eigenvalue weighted by molar-refractivity contribution is 9.10. The number of methoxy groups -OCH3 is 1. The van der Waals surface area contributed by atoms with Gasteiger partial charge in [0.05, 0.1) is 24.0 Å². The molecule has 1 N–H and O–H groups in total. The number of amides is 1. The molecular formula is C25H29BrN2O5S. The summed E-state index contributed by atoms with van der Waals surface area (Å²) in [5.74, 6) is -0.777. The molecule has 1 heterocycles. The molecule has 34 heavy (non-hydrogen) atoms. The van der Waals surface area contributed by atoms with E-state index in [0.29, 0.717) is 38.6 Å². The van der Waals surface area contributed by atoms with Gasteiger partial charge < -0.3 is 9.64 Å². The van der Waals surface area contributed by atoms with E-state index in [1.165, 1.54) is 7.11 Å². The van der Waals surface area contributed by atoms with Crippen LogP contribution in [0, 0.1) is 11.8 Å². The van der Waals surface area contributed by atoms with Crippen molar-refractivity contribution >= 4 is 37.8 Å². The van der Waals surface area contributed by atoms with Crippen LogP contribution in [0.2, 0.25) is 0 Å². The number of nitrogens with zero attached hydrogens (tertiary/aromatic N) is 1. The minimum absolute atomic E-state index is 0.0365. The van der Waals surface area contributed by atoms with Gasteiger partial charge in [-0.05, 0) is 61.9 Å². The van der Waals surface area contributed by atoms with Crippen molar-refractivity contribution in [2.45, 2.75) is 49.1 Å². The van der Waals surface area contributed by atoms with Gasteiger partial charge >= 0.3 is 5.97 Å². The van der Waals surface area contributed by atoms with E-state index in [1.54, 1.807) is 24.3 Å². The van der Waals surface area contributed by atoms with Crippen molar-refractivity contribution in [3.8, 4) is 0 Å². The first kappa shape index (κ1) is 24.9. The zero-order chi connectivity index (χ0) is 24.3. The van der Waals surface area contributed by atoms with E-state index < -0.39 is 10.0 Å². The largest absolute Gasteiger partial charge is 0.469 e. The second kappa shape index (κ2) is 10.6. The molecule has 9 heteroatoms. The Hall–Kier alpha value is -2.23. The van der Waals surface area contributed by atoms with Crippen LogP contribution in [0.5, 0.6) is 0 Å². The van der Waals surface area contributed by atoms with Gasteiger partial charge in [-0.25, -0.2) is 13.1 Å². The first-order valence-electron chi connectivity index (χ1n) is 11.5. The molecule has 2 atom stereocenters. The summed E-state index contributed by atoms with van der Waals surface area (Å²) in [6.07, 6.45) is 2.94. The highest BCUT2D eigenvalue weighted by Crippen LogP contribution is 2.39. The standard InChI is InChI=1S/C25H29BrN2O5S/c1-33-25(30)19-15-23(17-5-3-2-4-6-17)28(16-19)24(29)18-7-11-21(12-8-18)27-34(31,32)22-13-9-20(26)10-14-22/h2-6,9-10,13-14,18-19,21,23,27H,7-8,11-12,15-16H2,1H3. The molecule has 0 radical (unpaired) electrons. The summed E-state index contributed by atoms with van der Waals surface area (Å²) in [6, 6.07) is 15.9. The molecule has 1 amide bonds. The molecule has 0 bridgehead atoms. The lowest BCUT2D eigenvalue weighted by Crippen LogP contribution is -2.42. The summed E-state index contributed by atoms with van der Waals surface area (Å²) in [7, 11) is -2.24. The minimum Gasteiger partial charge on any atom is -0.469 e. The van der Waals surface area contributed by atoms with Gasteiger partial charge in [0, 0.05) is 23.0 Å².